The summed E-state index contributed by atoms with van der Waals surface area (Å²) in [7, 11) is 9.87. The first-order valence-electron chi connectivity index (χ1n) is 9.52. The van der Waals surface area contributed by atoms with Crippen LogP contribution in [0.5, 0.6) is 0 Å². The molecular weight excluding hydrogens is 491 g/mol. The van der Waals surface area contributed by atoms with Crippen molar-refractivity contribution in [2.75, 3.05) is 0 Å². The van der Waals surface area contributed by atoms with E-state index in [9.17, 15) is 0 Å². The van der Waals surface area contributed by atoms with E-state index in [1.807, 2.05) is 0 Å². The Bertz CT molecular complexity index is 494. The van der Waals surface area contributed by atoms with Crippen molar-refractivity contribution in [3.05, 3.63) is 37.8 Å². The van der Waals surface area contributed by atoms with Gasteiger partial charge in [0.1, 0.15) is 0 Å². The normalized spacial score (nSPS) is 38.4. The number of allylic oxidation sites excluding steroid dienone is 2. The van der Waals surface area contributed by atoms with E-state index < -0.39 is 20.8 Å². The minimum absolute atomic E-state index is 0. The van der Waals surface area contributed by atoms with Gasteiger partial charge in [-0.15, -0.1) is 23.5 Å². The second-order valence-corrected chi connectivity index (χ2v) is 14.9. The van der Waals surface area contributed by atoms with Crippen molar-refractivity contribution in [1.29, 1.82) is 0 Å². The second-order valence-electron chi connectivity index (χ2n) is 8.95. The Morgan fingerprint density at radius 2 is 1.44 bits per heavy atom. The fourth-order valence-electron chi connectivity index (χ4n) is 5.80. The molecule has 0 radical (unpaired) electrons. The Morgan fingerprint density at radius 1 is 0.963 bits per heavy atom. The zero-order valence-electron chi connectivity index (χ0n) is 17.6. The van der Waals surface area contributed by atoms with Gasteiger partial charge in [0, 0.05) is 10.5 Å². The van der Waals surface area contributed by atoms with Crippen LogP contribution in [0.1, 0.15) is 47.0 Å². The van der Waals surface area contributed by atoms with Crippen LogP contribution in [0.15, 0.2) is 23.0 Å². The summed E-state index contributed by atoms with van der Waals surface area (Å²) < 4.78 is 0. The van der Waals surface area contributed by atoms with Gasteiger partial charge in [0.25, 0.3) is 0 Å². The molecule has 0 saturated heterocycles. The molecule has 4 rings (SSSR count). The van der Waals surface area contributed by atoms with E-state index in [0.29, 0.717) is 5.41 Å². The quantitative estimate of drug-likeness (QED) is 0.338. The van der Waals surface area contributed by atoms with Gasteiger partial charge >= 0.3 is 37.9 Å². The number of hydrogen-bond donors (Lipinski definition) is 0. The second kappa shape index (κ2) is 11.3. The Labute approximate surface area is 196 Å². The molecule has 0 bridgehead atoms. The van der Waals surface area contributed by atoms with Crippen molar-refractivity contribution >= 4 is 40.5 Å². The molecule has 2 fully saturated rings. The average Bonchev–Trinajstić information content (AvgIpc) is 3.29. The van der Waals surface area contributed by atoms with Crippen LogP contribution in [-0.2, 0) is 20.8 Å². The summed E-state index contributed by atoms with van der Waals surface area (Å²) in [4.78, 5) is 0. The molecule has 2 aliphatic carbocycles. The van der Waals surface area contributed by atoms with Gasteiger partial charge < -0.3 is 14.9 Å². The average molecular weight is 527 g/mol. The van der Waals surface area contributed by atoms with Crippen LogP contribution in [0, 0.1) is 55.8 Å². The third-order valence-electron chi connectivity index (χ3n) is 7.31. The number of thioether (sulfide) groups is 2. The molecular formula is C22H36Cl2S2Zr. The van der Waals surface area contributed by atoms with Crippen molar-refractivity contribution in [2.45, 2.75) is 57.5 Å². The van der Waals surface area contributed by atoms with Crippen LogP contribution in [0.2, 0.25) is 0 Å². The van der Waals surface area contributed by atoms with Gasteiger partial charge in [-0.2, -0.15) is 0 Å². The monoisotopic (exact) mass is 524 g/mol. The van der Waals surface area contributed by atoms with Crippen molar-refractivity contribution in [2.24, 2.45) is 40.9 Å². The number of hydrogen-bond acceptors (Lipinski definition) is 2. The van der Waals surface area contributed by atoms with Crippen LogP contribution < -0.4 is 0 Å². The minimum atomic E-state index is -0.826. The van der Waals surface area contributed by atoms with Crippen LogP contribution in [0.25, 0.3) is 0 Å². The molecule has 2 heterocycles. The molecule has 6 atom stereocenters. The fraction of sp³-hybridized carbons (Fsp3) is 0.727. The van der Waals surface area contributed by atoms with E-state index in [1.165, 1.54) is 19.3 Å². The van der Waals surface area contributed by atoms with Gasteiger partial charge in [0.05, 0.1) is 0 Å². The van der Waals surface area contributed by atoms with Gasteiger partial charge in [-0.25, -0.2) is 0 Å². The van der Waals surface area contributed by atoms with Crippen molar-refractivity contribution in [3.8, 4) is 0 Å². The maximum absolute atomic E-state index is 4.93. The van der Waals surface area contributed by atoms with Crippen molar-refractivity contribution in [3.63, 3.8) is 0 Å². The first-order valence-corrected chi connectivity index (χ1v) is 17.7. The third-order valence-corrected chi connectivity index (χ3v) is 9.78. The van der Waals surface area contributed by atoms with Crippen molar-refractivity contribution in [1.82, 2.24) is 0 Å². The van der Waals surface area contributed by atoms with E-state index in [1.54, 1.807) is 0 Å². The van der Waals surface area contributed by atoms with E-state index >= 15 is 0 Å². The van der Waals surface area contributed by atoms with Crippen molar-refractivity contribution < 1.29 is 20.8 Å². The topological polar surface area (TPSA) is 0 Å². The molecule has 6 unspecified atom stereocenters. The van der Waals surface area contributed by atoms with E-state index in [2.05, 4.69) is 74.2 Å². The molecule has 2 saturated carbocycles. The zero-order valence-corrected chi connectivity index (χ0v) is 23.2. The first kappa shape index (κ1) is 26.7. The van der Waals surface area contributed by atoms with E-state index in [-0.39, 0.29) is 14.9 Å². The number of fused-ring (bicyclic) bond motifs is 3. The predicted molar refractivity (Wildman–Crippen MR) is 125 cm³/mol. The van der Waals surface area contributed by atoms with E-state index in [0.717, 1.165) is 46.0 Å². The summed E-state index contributed by atoms with van der Waals surface area (Å²) in [6.07, 6.45) is 9.45. The van der Waals surface area contributed by atoms with Crippen LogP contribution in [0.4, 0.5) is 0 Å². The summed E-state index contributed by atoms with van der Waals surface area (Å²) in [5.41, 5.74) is 0.490. The third kappa shape index (κ3) is 5.29. The summed E-state index contributed by atoms with van der Waals surface area (Å²) in [5.74, 6) is 5.28. The molecule has 27 heavy (non-hydrogen) atoms. The number of rotatable bonds is 3. The Hall–Kier alpha value is 1.64. The molecule has 154 valence electrons. The SMILES string of the molecule is CC(C)C1CCC(C(C)(C)C2C3SC=CC3C3C=CSC32)C1.[CH3-].[CH3-].[Cl][Zr+2][Cl]. The van der Waals surface area contributed by atoms with Gasteiger partial charge in [-0.1, -0.05) is 39.8 Å². The first-order chi connectivity index (χ1) is 11.9. The molecule has 0 aromatic heterocycles. The molecule has 0 amide bonds. The maximum atomic E-state index is 4.93. The fourth-order valence-corrected chi connectivity index (χ4v) is 9.09. The van der Waals surface area contributed by atoms with E-state index in [4.69, 9.17) is 17.0 Å². The summed E-state index contributed by atoms with van der Waals surface area (Å²) in [5, 5.41) is 6.50. The summed E-state index contributed by atoms with van der Waals surface area (Å²) in [6.45, 7) is 10.1. The molecule has 0 nitrogen and oxygen atoms in total. The van der Waals surface area contributed by atoms with Gasteiger partial charge in [0.15, 0.2) is 0 Å². The van der Waals surface area contributed by atoms with Crippen LogP contribution in [-0.4, -0.2) is 10.5 Å². The van der Waals surface area contributed by atoms with Gasteiger partial charge in [-0.3, -0.25) is 0 Å². The standard InChI is InChI=1S/C20H30S2.2CH3.2ClH.Zr/c1-12(2)13-5-6-14(11-13)20(3,4)17-18-15(7-9-21-18)16-8-10-22-19(16)17;;;;;/h7-10,12-19H,5-6,11H2,1-4H3;2*1H3;2*1H;/q;2*-1;;;+4/p-2. The van der Waals surface area contributed by atoms with Gasteiger partial charge in [-0.05, 0) is 71.0 Å². The van der Waals surface area contributed by atoms with Crippen LogP contribution >= 0.6 is 40.5 Å². The van der Waals surface area contributed by atoms with Gasteiger partial charge in [0.2, 0.25) is 0 Å². The molecule has 0 aromatic rings. The molecule has 5 heteroatoms. The Morgan fingerprint density at radius 3 is 1.85 bits per heavy atom. The summed E-state index contributed by atoms with van der Waals surface area (Å²) >= 11 is 3.46. The Balaban J connectivity index is 0.000000686. The number of halogens is 2. The predicted octanol–water partition coefficient (Wildman–Crippen LogP) is 8.48. The molecule has 4 aliphatic rings. The van der Waals surface area contributed by atoms with Crippen LogP contribution in [0.3, 0.4) is 0 Å². The molecule has 0 N–H and O–H groups in total. The Kier molecular flexibility index (Phi) is 11.2. The molecule has 2 aliphatic heterocycles. The molecule has 0 spiro atoms. The molecule has 0 aromatic carbocycles. The zero-order chi connectivity index (χ0) is 18.2. The summed E-state index contributed by atoms with van der Waals surface area (Å²) in [6, 6.07) is 0.